The summed E-state index contributed by atoms with van der Waals surface area (Å²) in [7, 11) is 0. The average molecular weight is 238 g/mol. The van der Waals surface area contributed by atoms with Crippen molar-refractivity contribution in [1.82, 2.24) is 15.6 Å². The molecule has 0 bridgehead atoms. The molecule has 88 valence electrons. The summed E-state index contributed by atoms with van der Waals surface area (Å²) in [6.07, 6.45) is 3.14. The predicted molar refractivity (Wildman–Crippen MR) is 68.1 cm³/mol. The molecule has 0 saturated heterocycles. The summed E-state index contributed by atoms with van der Waals surface area (Å²) in [4.78, 5) is 8.89. The standard InChI is InChI=1S/C11H18N4S/c1-2-10-15-9(8-16-10)4-7-14-11-12-5-3-6-13-11/h8H,2-7H2,1H3,(H2,12,13,14). The second-order valence-corrected chi connectivity index (χ2v) is 4.72. The Morgan fingerprint density at radius 2 is 2.50 bits per heavy atom. The molecule has 16 heavy (non-hydrogen) atoms. The van der Waals surface area contributed by atoms with Crippen LogP contribution in [-0.2, 0) is 12.8 Å². The average Bonchev–Trinajstić information content (AvgIpc) is 2.78. The van der Waals surface area contributed by atoms with Crippen LogP contribution < -0.4 is 10.6 Å². The fourth-order valence-electron chi connectivity index (χ4n) is 1.59. The Morgan fingerprint density at radius 1 is 1.56 bits per heavy atom. The fourth-order valence-corrected chi connectivity index (χ4v) is 2.37. The van der Waals surface area contributed by atoms with Crippen LogP contribution in [0.3, 0.4) is 0 Å². The maximum Gasteiger partial charge on any atom is 0.191 e. The number of aryl methyl sites for hydroxylation is 1. The third-order valence-corrected chi connectivity index (χ3v) is 3.51. The minimum absolute atomic E-state index is 0.902. The van der Waals surface area contributed by atoms with Gasteiger partial charge in [0.1, 0.15) is 0 Å². The number of hydrogen-bond donors (Lipinski definition) is 2. The van der Waals surface area contributed by atoms with Gasteiger partial charge in [-0.15, -0.1) is 11.3 Å². The third-order valence-electron chi connectivity index (χ3n) is 2.47. The van der Waals surface area contributed by atoms with Gasteiger partial charge in [0.25, 0.3) is 0 Å². The molecule has 2 rings (SSSR count). The quantitative estimate of drug-likeness (QED) is 0.828. The number of hydrogen-bond acceptors (Lipinski definition) is 5. The molecule has 0 atom stereocenters. The number of nitrogens with zero attached hydrogens (tertiary/aromatic N) is 2. The topological polar surface area (TPSA) is 49.3 Å². The highest BCUT2D eigenvalue weighted by Gasteiger charge is 2.04. The van der Waals surface area contributed by atoms with Gasteiger partial charge in [0.2, 0.25) is 0 Å². The molecule has 4 nitrogen and oxygen atoms in total. The second-order valence-electron chi connectivity index (χ2n) is 3.77. The van der Waals surface area contributed by atoms with E-state index in [4.69, 9.17) is 0 Å². The normalized spacial score (nSPS) is 15.4. The molecule has 1 aliphatic heterocycles. The molecular weight excluding hydrogens is 220 g/mol. The van der Waals surface area contributed by atoms with E-state index in [-0.39, 0.29) is 0 Å². The van der Waals surface area contributed by atoms with Crippen LogP contribution in [0.1, 0.15) is 24.0 Å². The zero-order valence-electron chi connectivity index (χ0n) is 9.62. The zero-order valence-corrected chi connectivity index (χ0v) is 10.4. The molecule has 0 saturated carbocycles. The molecule has 0 spiro atoms. The van der Waals surface area contributed by atoms with E-state index in [2.05, 4.69) is 32.9 Å². The number of aliphatic imine (C=N–C) groups is 1. The van der Waals surface area contributed by atoms with Gasteiger partial charge >= 0.3 is 0 Å². The molecule has 2 heterocycles. The maximum atomic E-state index is 4.53. The summed E-state index contributed by atoms with van der Waals surface area (Å²) < 4.78 is 0. The highest BCUT2D eigenvalue weighted by molar-refractivity contribution is 7.09. The summed E-state index contributed by atoms with van der Waals surface area (Å²) in [5.41, 5.74) is 1.19. The first-order chi connectivity index (χ1) is 7.88. The lowest BCUT2D eigenvalue weighted by atomic mass is 10.3. The van der Waals surface area contributed by atoms with Gasteiger partial charge in [-0.05, 0) is 12.8 Å². The maximum absolute atomic E-state index is 4.53. The van der Waals surface area contributed by atoms with Gasteiger partial charge in [0, 0.05) is 31.4 Å². The zero-order chi connectivity index (χ0) is 11.2. The van der Waals surface area contributed by atoms with E-state index in [0.29, 0.717) is 0 Å². The minimum atomic E-state index is 0.902. The van der Waals surface area contributed by atoms with Crippen molar-refractivity contribution in [2.24, 2.45) is 4.99 Å². The first-order valence-electron chi connectivity index (χ1n) is 5.84. The Kier molecular flexibility index (Phi) is 4.16. The Labute approximate surface area is 100 Å². The van der Waals surface area contributed by atoms with Crippen molar-refractivity contribution in [3.05, 3.63) is 16.1 Å². The van der Waals surface area contributed by atoms with E-state index in [1.54, 1.807) is 11.3 Å². The number of thiazole rings is 1. The summed E-state index contributed by atoms with van der Waals surface area (Å²) in [5, 5.41) is 9.92. The molecule has 0 amide bonds. The lowest BCUT2D eigenvalue weighted by Crippen LogP contribution is -2.41. The lowest BCUT2D eigenvalue weighted by molar-refractivity contribution is 0.698. The molecule has 0 unspecified atom stereocenters. The van der Waals surface area contributed by atoms with Crippen molar-refractivity contribution < 1.29 is 0 Å². The van der Waals surface area contributed by atoms with Crippen LogP contribution in [0.15, 0.2) is 10.4 Å². The van der Waals surface area contributed by atoms with Crippen LogP contribution in [0, 0.1) is 0 Å². The summed E-state index contributed by atoms with van der Waals surface area (Å²) in [5.74, 6) is 0.942. The van der Waals surface area contributed by atoms with Crippen LogP contribution in [0.25, 0.3) is 0 Å². The van der Waals surface area contributed by atoms with E-state index in [1.165, 1.54) is 10.7 Å². The minimum Gasteiger partial charge on any atom is -0.356 e. The van der Waals surface area contributed by atoms with Gasteiger partial charge in [-0.1, -0.05) is 6.92 Å². The van der Waals surface area contributed by atoms with E-state index in [1.807, 2.05) is 0 Å². The Balaban J connectivity index is 1.73. The van der Waals surface area contributed by atoms with E-state index >= 15 is 0 Å². The van der Waals surface area contributed by atoms with Crippen molar-refractivity contribution in [2.75, 3.05) is 19.6 Å². The number of aromatic nitrogens is 1. The number of nitrogens with one attached hydrogen (secondary N) is 2. The Hall–Kier alpha value is -1.10. The molecule has 0 aliphatic carbocycles. The summed E-state index contributed by atoms with van der Waals surface area (Å²) >= 11 is 1.75. The van der Waals surface area contributed by atoms with Gasteiger partial charge in [0.05, 0.1) is 10.7 Å². The van der Waals surface area contributed by atoms with Crippen LogP contribution in [0.4, 0.5) is 0 Å². The molecule has 0 fully saturated rings. The highest BCUT2D eigenvalue weighted by atomic mass is 32.1. The summed E-state index contributed by atoms with van der Waals surface area (Å²) in [6.45, 7) is 5.01. The smallest absolute Gasteiger partial charge is 0.191 e. The van der Waals surface area contributed by atoms with Crippen molar-refractivity contribution >= 4 is 17.3 Å². The number of guanidine groups is 1. The third kappa shape index (κ3) is 3.20. The molecule has 0 aromatic carbocycles. The lowest BCUT2D eigenvalue weighted by Gasteiger charge is -2.15. The fraction of sp³-hybridized carbons (Fsp3) is 0.636. The van der Waals surface area contributed by atoms with Crippen LogP contribution in [0.2, 0.25) is 0 Å². The highest BCUT2D eigenvalue weighted by Crippen LogP contribution is 2.10. The van der Waals surface area contributed by atoms with Crippen LogP contribution >= 0.6 is 11.3 Å². The first-order valence-corrected chi connectivity index (χ1v) is 6.72. The molecule has 1 aliphatic rings. The second kappa shape index (κ2) is 5.84. The molecular formula is C11H18N4S. The monoisotopic (exact) mass is 238 g/mol. The Morgan fingerprint density at radius 3 is 3.19 bits per heavy atom. The molecule has 5 heteroatoms. The van der Waals surface area contributed by atoms with Gasteiger partial charge in [-0.3, -0.25) is 4.99 Å². The SMILES string of the molecule is CCc1nc(CCNC2=NCCCN2)cs1. The van der Waals surface area contributed by atoms with E-state index < -0.39 is 0 Å². The summed E-state index contributed by atoms with van der Waals surface area (Å²) in [6, 6.07) is 0. The van der Waals surface area contributed by atoms with Crippen LogP contribution in [0.5, 0.6) is 0 Å². The predicted octanol–water partition coefficient (Wildman–Crippen LogP) is 1.19. The van der Waals surface area contributed by atoms with Crippen molar-refractivity contribution in [3.8, 4) is 0 Å². The molecule has 1 aromatic rings. The van der Waals surface area contributed by atoms with Crippen molar-refractivity contribution in [3.63, 3.8) is 0 Å². The molecule has 1 aromatic heterocycles. The largest absolute Gasteiger partial charge is 0.356 e. The van der Waals surface area contributed by atoms with Gasteiger partial charge < -0.3 is 10.6 Å². The van der Waals surface area contributed by atoms with Crippen molar-refractivity contribution in [1.29, 1.82) is 0 Å². The van der Waals surface area contributed by atoms with E-state index in [0.717, 1.165) is 44.9 Å². The van der Waals surface area contributed by atoms with Gasteiger partial charge in [-0.2, -0.15) is 0 Å². The first kappa shape index (κ1) is 11.4. The molecule has 0 radical (unpaired) electrons. The van der Waals surface area contributed by atoms with Crippen LogP contribution in [-0.4, -0.2) is 30.6 Å². The Bertz CT molecular complexity index is 359. The van der Waals surface area contributed by atoms with Gasteiger partial charge in [-0.25, -0.2) is 4.98 Å². The number of rotatable bonds is 4. The van der Waals surface area contributed by atoms with Gasteiger partial charge in [0.15, 0.2) is 5.96 Å². The van der Waals surface area contributed by atoms with E-state index in [9.17, 15) is 0 Å². The van der Waals surface area contributed by atoms with Crippen molar-refractivity contribution in [2.45, 2.75) is 26.2 Å². The molecule has 2 N–H and O–H groups in total.